The standard InChI is InChI=1S/C13H17FO2/c1-5-9-8-10(6-7-11(9)14)12(15)16-13(2,3)4/h6-8H,5H2,1-4H3. The first-order valence-corrected chi connectivity index (χ1v) is 5.35. The summed E-state index contributed by atoms with van der Waals surface area (Å²) < 4.78 is 18.4. The molecule has 0 unspecified atom stereocenters. The van der Waals surface area contributed by atoms with Crippen LogP contribution in [0, 0.1) is 5.82 Å². The minimum absolute atomic E-state index is 0.283. The van der Waals surface area contributed by atoms with E-state index in [9.17, 15) is 9.18 Å². The largest absolute Gasteiger partial charge is 0.456 e. The number of rotatable bonds is 2. The fourth-order valence-electron chi connectivity index (χ4n) is 1.31. The van der Waals surface area contributed by atoms with Crippen molar-refractivity contribution >= 4 is 5.97 Å². The number of ether oxygens (including phenoxy) is 1. The number of benzene rings is 1. The van der Waals surface area contributed by atoms with E-state index in [1.165, 1.54) is 12.1 Å². The van der Waals surface area contributed by atoms with Gasteiger partial charge in [-0.05, 0) is 51.0 Å². The van der Waals surface area contributed by atoms with Gasteiger partial charge in [0, 0.05) is 0 Å². The van der Waals surface area contributed by atoms with E-state index in [-0.39, 0.29) is 5.82 Å². The zero-order valence-corrected chi connectivity index (χ0v) is 10.1. The predicted molar refractivity (Wildman–Crippen MR) is 60.9 cm³/mol. The average molecular weight is 224 g/mol. The van der Waals surface area contributed by atoms with Crippen LogP contribution in [0.4, 0.5) is 4.39 Å². The summed E-state index contributed by atoms with van der Waals surface area (Å²) >= 11 is 0. The van der Waals surface area contributed by atoms with Gasteiger partial charge in [0.2, 0.25) is 0 Å². The Balaban J connectivity index is 2.93. The van der Waals surface area contributed by atoms with Gasteiger partial charge in [0.05, 0.1) is 5.56 Å². The number of hydrogen-bond acceptors (Lipinski definition) is 2. The normalized spacial score (nSPS) is 11.3. The van der Waals surface area contributed by atoms with E-state index in [0.29, 0.717) is 17.5 Å². The lowest BCUT2D eigenvalue weighted by atomic mass is 10.1. The topological polar surface area (TPSA) is 26.3 Å². The van der Waals surface area contributed by atoms with E-state index < -0.39 is 11.6 Å². The molecule has 16 heavy (non-hydrogen) atoms. The van der Waals surface area contributed by atoms with Gasteiger partial charge in [0.25, 0.3) is 0 Å². The van der Waals surface area contributed by atoms with Crippen LogP contribution in [0.15, 0.2) is 18.2 Å². The first kappa shape index (κ1) is 12.7. The lowest BCUT2D eigenvalue weighted by molar-refractivity contribution is 0.00694. The van der Waals surface area contributed by atoms with Gasteiger partial charge in [0.1, 0.15) is 11.4 Å². The van der Waals surface area contributed by atoms with Crippen molar-refractivity contribution in [3.8, 4) is 0 Å². The fourth-order valence-corrected chi connectivity index (χ4v) is 1.31. The molecule has 1 aromatic rings. The molecular weight excluding hydrogens is 207 g/mol. The second-order valence-corrected chi connectivity index (χ2v) is 4.66. The first-order valence-electron chi connectivity index (χ1n) is 5.35. The highest BCUT2D eigenvalue weighted by Crippen LogP contribution is 2.15. The summed E-state index contributed by atoms with van der Waals surface area (Å²) in [6.07, 6.45) is 0.558. The minimum atomic E-state index is -0.530. The van der Waals surface area contributed by atoms with Crippen molar-refractivity contribution < 1.29 is 13.9 Å². The summed E-state index contributed by atoms with van der Waals surface area (Å²) in [4.78, 5) is 11.7. The van der Waals surface area contributed by atoms with Crippen LogP contribution in [0.3, 0.4) is 0 Å². The Bertz CT molecular complexity index is 391. The quantitative estimate of drug-likeness (QED) is 0.720. The molecule has 0 spiro atoms. The second-order valence-electron chi connectivity index (χ2n) is 4.66. The molecule has 0 saturated heterocycles. The van der Waals surface area contributed by atoms with Crippen LogP contribution in [0.2, 0.25) is 0 Å². The van der Waals surface area contributed by atoms with Gasteiger partial charge in [-0.15, -0.1) is 0 Å². The molecular formula is C13H17FO2. The molecule has 0 N–H and O–H groups in total. The fraction of sp³-hybridized carbons (Fsp3) is 0.462. The molecule has 0 aromatic heterocycles. The van der Waals surface area contributed by atoms with E-state index >= 15 is 0 Å². The van der Waals surface area contributed by atoms with Crippen LogP contribution < -0.4 is 0 Å². The van der Waals surface area contributed by atoms with Crippen molar-refractivity contribution in [2.45, 2.75) is 39.7 Å². The maximum absolute atomic E-state index is 13.2. The minimum Gasteiger partial charge on any atom is -0.456 e. The van der Waals surface area contributed by atoms with Crippen LogP contribution in [0.5, 0.6) is 0 Å². The molecule has 0 atom stereocenters. The molecule has 0 fully saturated rings. The van der Waals surface area contributed by atoms with E-state index in [1.54, 1.807) is 26.8 Å². The number of esters is 1. The van der Waals surface area contributed by atoms with Gasteiger partial charge >= 0.3 is 5.97 Å². The van der Waals surface area contributed by atoms with E-state index in [0.717, 1.165) is 0 Å². The molecule has 3 heteroatoms. The predicted octanol–water partition coefficient (Wildman–Crippen LogP) is 3.34. The molecule has 0 aliphatic heterocycles. The summed E-state index contributed by atoms with van der Waals surface area (Å²) in [5.41, 5.74) is 0.397. The maximum atomic E-state index is 13.2. The highest BCUT2D eigenvalue weighted by molar-refractivity contribution is 5.89. The maximum Gasteiger partial charge on any atom is 0.338 e. The summed E-state index contributed by atoms with van der Waals surface area (Å²) in [6.45, 7) is 7.25. The van der Waals surface area contributed by atoms with Crippen molar-refractivity contribution in [3.63, 3.8) is 0 Å². The van der Waals surface area contributed by atoms with Gasteiger partial charge in [-0.25, -0.2) is 9.18 Å². The highest BCUT2D eigenvalue weighted by Gasteiger charge is 2.18. The first-order chi connectivity index (χ1) is 7.33. The highest BCUT2D eigenvalue weighted by atomic mass is 19.1. The van der Waals surface area contributed by atoms with Gasteiger partial charge in [-0.1, -0.05) is 6.92 Å². The Morgan fingerprint density at radius 1 is 1.38 bits per heavy atom. The lowest BCUT2D eigenvalue weighted by Crippen LogP contribution is -2.24. The molecule has 0 saturated carbocycles. The zero-order valence-electron chi connectivity index (χ0n) is 10.1. The molecule has 0 aliphatic rings. The van der Waals surface area contributed by atoms with Crippen LogP contribution >= 0.6 is 0 Å². The third kappa shape index (κ3) is 3.33. The summed E-state index contributed by atoms with van der Waals surface area (Å²) in [5, 5.41) is 0. The Morgan fingerprint density at radius 2 is 2.00 bits per heavy atom. The number of carbonyl (C=O) groups excluding carboxylic acids is 1. The molecule has 2 nitrogen and oxygen atoms in total. The number of aryl methyl sites for hydroxylation is 1. The molecule has 0 amide bonds. The van der Waals surface area contributed by atoms with Crippen molar-refractivity contribution in [3.05, 3.63) is 35.1 Å². The van der Waals surface area contributed by atoms with Crippen molar-refractivity contribution in [1.82, 2.24) is 0 Å². The molecule has 1 aromatic carbocycles. The van der Waals surface area contributed by atoms with E-state index in [1.807, 2.05) is 6.92 Å². The molecule has 0 bridgehead atoms. The SMILES string of the molecule is CCc1cc(C(=O)OC(C)(C)C)ccc1F. The smallest absolute Gasteiger partial charge is 0.338 e. The third-order valence-electron chi connectivity index (χ3n) is 2.06. The molecule has 1 rings (SSSR count). The average Bonchev–Trinajstić information content (AvgIpc) is 2.15. The van der Waals surface area contributed by atoms with Crippen LogP contribution in [-0.2, 0) is 11.2 Å². The van der Waals surface area contributed by atoms with E-state index in [4.69, 9.17) is 4.74 Å². The van der Waals surface area contributed by atoms with Crippen molar-refractivity contribution in [2.24, 2.45) is 0 Å². The Hall–Kier alpha value is -1.38. The molecule has 0 radical (unpaired) electrons. The second kappa shape index (κ2) is 4.64. The molecule has 88 valence electrons. The van der Waals surface area contributed by atoms with E-state index in [2.05, 4.69) is 0 Å². The number of hydrogen-bond donors (Lipinski definition) is 0. The van der Waals surface area contributed by atoms with Gasteiger partial charge in [0.15, 0.2) is 0 Å². The summed E-state index contributed by atoms with van der Waals surface area (Å²) in [7, 11) is 0. The number of carbonyl (C=O) groups is 1. The molecule has 0 heterocycles. The van der Waals surface area contributed by atoms with Gasteiger partial charge in [-0.2, -0.15) is 0 Å². The third-order valence-corrected chi connectivity index (χ3v) is 2.06. The van der Waals surface area contributed by atoms with Crippen LogP contribution in [0.25, 0.3) is 0 Å². The van der Waals surface area contributed by atoms with Crippen LogP contribution in [-0.4, -0.2) is 11.6 Å². The molecule has 0 aliphatic carbocycles. The van der Waals surface area contributed by atoms with Gasteiger partial charge < -0.3 is 4.74 Å². The lowest BCUT2D eigenvalue weighted by Gasteiger charge is -2.19. The Morgan fingerprint density at radius 3 is 2.50 bits per heavy atom. The van der Waals surface area contributed by atoms with Crippen molar-refractivity contribution in [2.75, 3.05) is 0 Å². The van der Waals surface area contributed by atoms with Gasteiger partial charge in [-0.3, -0.25) is 0 Å². The number of halogens is 1. The van der Waals surface area contributed by atoms with Crippen LogP contribution in [0.1, 0.15) is 43.6 Å². The zero-order chi connectivity index (χ0) is 12.3. The Labute approximate surface area is 95.4 Å². The van der Waals surface area contributed by atoms with Crippen molar-refractivity contribution in [1.29, 1.82) is 0 Å². The Kier molecular flexibility index (Phi) is 3.68. The monoisotopic (exact) mass is 224 g/mol. The summed E-state index contributed by atoms with van der Waals surface area (Å²) in [6, 6.07) is 4.30. The summed E-state index contributed by atoms with van der Waals surface area (Å²) in [5.74, 6) is -0.697.